The molecule has 1 fully saturated rings. The standard InChI is InChI=1S/C13H20F3NO4/c1-5-20-10(18)7-8-6-9(13(14,15)16)17(8)11(19)21-12(2,3)4/h8-9H,5-7H2,1-4H3/t8-,9+/m0/s1. The molecule has 1 aliphatic heterocycles. The molecule has 1 amide bonds. The van der Waals surface area contributed by atoms with Crippen molar-refractivity contribution in [3.63, 3.8) is 0 Å². The van der Waals surface area contributed by atoms with Crippen LogP contribution in [0.3, 0.4) is 0 Å². The zero-order valence-electron chi connectivity index (χ0n) is 12.5. The van der Waals surface area contributed by atoms with Gasteiger partial charge in [-0.3, -0.25) is 9.69 Å². The van der Waals surface area contributed by atoms with E-state index >= 15 is 0 Å². The Morgan fingerprint density at radius 1 is 1.24 bits per heavy atom. The fraction of sp³-hybridized carbons (Fsp3) is 0.846. The normalized spacial score (nSPS) is 22.5. The molecule has 0 bridgehead atoms. The van der Waals surface area contributed by atoms with Crippen molar-refractivity contribution >= 4 is 12.1 Å². The first kappa shape index (κ1) is 17.6. The first-order valence-electron chi connectivity index (χ1n) is 6.69. The Kier molecular flexibility index (Phi) is 5.11. The molecule has 8 heteroatoms. The van der Waals surface area contributed by atoms with Gasteiger partial charge in [0.1, 0.15) is 11.6 Å². The summed E-state index contributed by atoms with van der Waals surface area (Å²) in [4.78, 5) is 23.9. The molecule has 21 heavy (non-hydrogen) atoms. The molecule has 0 N–H and O–H groups in total. The molecule has 1 heterocycles. The van der Waals surface area contributed by atoms with Crippen molar-refractivity contribution in [1.82, 2.24) is 4.90 Å². The van der Waals surface area contributed by atoms with Gasteiger partial charge in [-0.2, -0.15) is 13.2 Å². The van der Waals surface area contributed by atoms with Crippen LogP contribution in [0.15, 0.2) is 0 Å². The fourth-order valence-corrected chi connectivity index (χ4v) is 2.08. The van der Waals surface area contributed by atoms with Crippen LogP contribution in [-0.4, -0.2) is 47.4 Å². The topological polar surface area (TPSA) is 55.8 Å². The average molecular weight is 311 g/mol. The number of halogens is 3. The molecule has 0 aliphatic carbocycles. The minimum Gasteiger partial charge on any atom is -0.466 e. The van der Waals surface area contributed by atoms with Gasteiger partial charge in [-0.25, -0.2) is 4.79 Å². The van der Waals surface area contributed by atoms with Crippen LogP contribution in [0.2, 0.25) is 0 Å². The minimum atomic E-state index is -4.54. The van der Waals surface area contributed by atoms with E-state index in [1.165, 1.54) is 0 Å². The number of ether oxygens (including phenoxy) is 2. The fourth-order valence-electron chi connectivity index (χ4n) is 2.08. The van der Waals surface area contributed by atoms with Crippen LogP contribution in [0.1, 0.15) is 40.5 Å². The quantitative estimate of drug-likeness (QED) is 0.752. The largest absolute Gasteiger partial charge is 0.466 e. The van der Waals surface area contributed by atoms with Gasteiger partial charge < -0.3 is 9.47 Å². The van der Waals surface area contributed by atoms with Gasteiger partial charge in [0, 0.05) is 6.04 Å². The Hall–Kier alpha value is -1.47. The maximum absolute atomic E-state index is 12.8. The summed E-state index contributed by atoms with van der Waals surface area (Å²) >= 11 is 0. The highest BCUT2D eigenvalue weighted by Crippen LogP contribution is 2.40. The number of hydrogen-bond acceptors (Lipinski definition) is 4. The van der Waals surface area contributed by atoms with Crippen molar-refractivity contribution < 1.29 is 32.2 Å². The molecule has 0 aromatic carbocycles. The maximum Gasteiger partial charge on any atom is 0.411 e. The predicted molar refractivity (Wildman–Crippen MR) is 67.6 cm³/mol. The van der Waals surface area contributed by atoms with Gasteiger partial charge in [-0.05, 0) is 34.1 Å². The third-order valence-corrected chi connectivity index (χ3v) is 2.91. The second kappa shape index (κ2) is 6.11. The second-order valence-corrected chi connectivity index (χ2v) is 5.84. The lowest BCUT2D eigenvalue weighted by molar-refractivity contribution is -0.220. The zero-order valence-corrected chi connectivity index (χ0v) is 12.5. The second-order valence-electron chi connectivity index (χ2n) is 5.84. The molecular formula is C13H20F3NO4. The summed E-state index contributed by atoms with van der Waals surface area (Å²) in [6.45, 7) is 6.43. The Bertz CT molecular complexity index is 403. The predicted octanol–water partition coefficient (Wildman–Crippen LogP) is 2.88. The lowest BCUT2D eigenvalue weighted by atomic mass is 9.90. The van der Waals surface area contributed by atoms with E-state index in [9.17, 15) is 22.8 Å². The molecule has 1 aliphatic rings. The molecule has 1 rings (SSSR count). The lowest BCUT2D eigenvalue weighted by Gasteiger charge is -2.48. The van der Waals surface area contributed by atoms with Crippen molar-refractivity contribution in [3.05, 3.63) is 0 Å². The van der Waals surface area contributed by atoms with E-state index in [-0.39, 0.29) is 19.4 Å². The van der Waals surface area contributed by atoms with Gasteiger partial charge >= 0.3 is 18.2 Å². The van der Waals surface area contributed by atoms with E-state index in [1.807, 2.05) is 0 Å². The monoisotopic (exact) mass is 311 g/mol. The van der Waals surface area contributed by atoms with E-state index in [4.69, 9.17) is 9.47 Å². The van der Waals surface area contributed by atoms with Crippen LogP contribution in [0.4, 0.5) is 18.0 Å². The first-order chi connectivity index (χ1) is 9.45. The summed E-state index contributed by atoms with van der Waals surface area (Å²) in [5, 5.41) is 0. The van der Waals surface area contributed by atoms with Crippen LogP contribution in [0.25, 0.3) is 0 Å². The number of carbonyl (C=O) groups excluding carboxylic acids is 2. The molecular weight excluding hydrogens is 291 g/mol. The number of likely N-dealkylation sites (tertiary alicyclic amines) is 1. The van der Waals surface area contributed by atoms with Gasteiger partial charge in [0.05, 0.1) is 13.0 Å². The Morgan fingerprint density at radius 3 is 2.24 bits per heavy atom. The third kappa shape index (κ3) is 4.78. The minimum absolute atomic E-state index is 0.140. The van der Waals surface area contributed by atoms with Crippen molar-refractivity contribution in [1.29, 1.82) is 0 Å². The van der Waals surface area contributed by atoms with E-state index in [1.54, 1.807) is 27.7 Å². The van der Waals surface area contributed by atoms with E-state index in [0.29, 0.717) is 4.90 Å². The number of esters is 1. The van der Waals surface area contributed by atoms with Gasteiger partial charge in [-0.1, -0.05) is 0 Å². The molecule has 0 unspecified atom stereocenters. The molecule has 1 saturated heterocycles. The molecule has 0 aromatic heterocycles. The Morgan fingerprint density at radius 2 is 1.81 bits per heavy atom. The molecule has 0 spiro atoms. The van der Waals surface area contributed by atoms with E-state index in [2.05, 4.69) is 0 Å². The highest BCUT2D eigenvalue weighted by atomic mass is 19.4. The van der Waals surface area contributed by atoms with E-state index < -0.39 is 35.9 Å². The highest BCUT2D eigenvalue weighted by molar-refractivity contribution is 5.74. The summed E-state index contributed by atoms with van der Waals surface area (Å²) in [6.07, 6.45) is -6.19. The number of carbonyl (C=O) groups is 2. The molecule has 0 radical (unpaired) electrons. The number of amides is 1. The summed E-state index contributed by atoms with van der Waals surface area (Å²) in [7, 11) is 0. The van der Waals surface area contributed by atoms with Crippen molar-refractivity contribution in [2.75, 3.05) is 6.61 Å². The van der Waals surface area contributed by atoms with Gasteiger partial charge in [-0.15, -0.1) is 0 Å². The smallest absolute Gasteiger partial charge is 0.411 e. The molecule has 122 valence electrons. The number of alkyl halides is 3. The first-order valence-corrected chi connectivity index (χ1v) is 6.69. The van der Waals surface area contributed by atoms with Crippen molar-refractivity contribution in [2.24, 2.45) is 0 Å². The van der Waals surface area contributed by atoms with Crippen molar-refractivity contribution in [2.45, 2.75) is 64.4 Å². The maximum atomic E-state index is 12.8. The average Bonchev–Trinajstić information content (AvgIpc) is 2.19. The number of rotatable bonds is 3. The number of nitrogens with zero attached hydrogens (tertiary/aromatic N) is 1. The Balaban J connectivity index is 2.78. The van der Waals surface area contributed by atoms with Crippen LogP contribution < -0.4 is 0 Å². The van der Waals surface area contributed by atoms with Crippen LogP contribution in [0.5, 0.6) is 0 Å². The summed E-state index contributed by atoms with van der Waals surface area (Å²) in [5.74, 6) is -0.628. The van der Waals surface area contributed by atoms with Crippen LogP contribution in [-0.2, 0) is 14.3 Å². The molecule has 5 nitrogen and oxygen atoms in total. The lowest BCUT2D eigenvalue weighted by Crippen LogP contribution is -2.65. The van der Waals surface area contributed by atoms with Crippen molar-refractivity contribution in [3.8, 4) is 0 Å². The zero-order chi connectivity index (χ0) is 16.4. The van der Waals surface area contributed by atoms with E-state index in [0.717, 1.165) is 0 Å². The van der Waals surface area contributed by atoms with Crippen LogP contribution in [0, 0.1) is 0 Å². The number of hydrogen-bond donors (Lipinski definition) is 0. The van der Waals surface area contributed by atoms with Gasteiger partial charge in [0.15, 0.2) is 0 Å². The summed E-state index contributed by atoms with van der Waals surface area (Å²) in [6, 6.07) is -2.75. The Labute approximate surface area is 121 Å². The highest BCUT2D eigenvalue weighted by Gasteiger charge is 2.57. The molecule has 0 saturated carbocycles. The van der Waals surface area contributed by atoms with Gasteiger partial charge in [0.2, 0.25) is 0 Å². The molecule has 2 atom stereocenters. The summed E-state index contributed by atoms with van der Waals surface area (Å²) < 4.78 is 48.2. The SMILES string of the molecule is CCOC(=O)C[C@@H]1C[C@H](C(F)(F)F)N1C(=O)OC(C)(C)C. The van der Waals surface area contributed by atoms with Crippen LogP contribution >= 0.6 is 0 Å². The summed E-state index contributed by atoms with van der Waals surface area (Å²) in [5.41, 5.74) is -0.905. The molecule has 0 aromatic rings. The van der Waals surface area contributed by atoms with Gasteiger partial charge in [0.25, 0.3) is 0 Å². The third-order valence-electron chi connectivity index (χ3n) is 2.91.